The number of carbonyl (C=O) groups is 1. The van der Waals surface area contributed by atoms with E-state index in [2.05, 4.69) is 10.6 Å². The monoisotopic (exact) mass is 258 g/mol. The Morgan fingerprint density at radius 3 is 2.95 bits per heavy atom. The van der Waals surface area contributed by atoms with Gasteiger partial charge in [0.1, 0.15) is 5.75 Å². The van der Waals surface area contributed by atoms with Crippen LogP contribution in [0.5, 0.6) is 5.75 Å². The molecule has 0 radical (unpaired) electrons. The summed E-state index contributed by atoms with van der Waals surface area (Å²) in [6.45, 7) is 1.55. The van der Waals surface area contributed by atoms with Crippen molar-refractivity contribution in [2.75, 3.05) is 11.9 Å². The van der Waals surface area contributed by atoms with Gasteiger partial charge in [0.2, 0.25) is 0 Å². The summed E-state index contributed by atoms with van der Waals surface area (Å²) in [6.07, 6.45) is 3.37. The van der Waals surface area contributed by atoms with Crippen LogP contribution in [-0.2, 0) is 17.9 Å². The molecule has 5 nitrogen and oxygen atoms in total. The summed E-state index contributed by atoms with van der Waals surface area (Å²) < 4.78 is 10.3. The van der Waals surface area contributed by atoms with Crippen molar-refractivity contribution in [3.05, 3.63) is 47.9 Å². The van der Waals surface area contributed by atoms with Gasteiger partial charge in [-0.2, -0.15) is 0 Å². The lowest BCUT2D eigenvalue weighted by Crippen LogP contribution is -2.25. The number of benzene rings is 1. The van der Waals surface area contributed by atoms with Gasteiger partial charge in [0.15, 0.2) is 6.61 Å². The SMILES string of the molecule is O=C1COc2ccc(CNCc3ccoc3)cc2N1. The minimum Gasteiger partial charge on any atom is -0.482 e. The van der Waals surface area contributed by atoms with Gasteiger partial charge in [-0.05, 0) is 23.8 Å². The van der Waals surface area contributed by atoms with Gasteiger partial charge in [0.25, 0.3) is 5.91 Å². The maximum atomic E-state index is 11.2. The molecular formula is C14H14N2O3. The average molecular weight is 258 g/mol. The van der Waals surface area contributed by atoms with Crippen LogP contribution in [0.15, 0.2) is 41.2 Å². The molecule has 2 aromatic rings. The molecule has 0 fully saturated rings. The van der Waals surface area contributed by atoms with Gasteiger partial charge in [0.05, 0.1) is 18.2 Å². The van der Waals surface area contributed by atoms with E-state index in [1.165, 1.54) is 0 Å². The largest absolute Gasteiger partial charge is 0.482 e. The summed E-state index contributed by atoms with van der Waals surface area (Å²) in [7, 11) is 0. The van der Waals surface area contributed by atoms with Crippen LogP contribution in [-0.4, -0.2) is 12.5 Å². The van der Waals surface area contributed by atoms with E-state index >= 15 is 0 Å². The molecule has 1 aromatic carbocycles. The fraction of sp³-hybridized carbons (Fsp3) is 0.214. The smallest absolute Gasteiger partial charge is 0.262 e. The minimum absolute atomic E-state index is 0.0884. The highest BCUT2D eigenvalue weighted by molar-refractivity contribution is 5.95. The maximum Gasteiger partial charge on any atom is 0.262 e. The molecule has 0 saturated heterocycles. The zero-order valence-corrected chi connectivity index (χ0v) is 10.3. The van der Waals surface area contributed by atoms with Crippen molar-refractivity contribution >= 4 is 11.6 Å². The van der Waals surface area contributed by atoms with Crippen molar-refractivity contribution in [1.29, 1.82) is 0 Å². The third-order valence-corrected chi connectivity index (χ3v) is 2.92. The van der Waals surface area contributed by atoms with E-state index in [0.29, 0.717) is 6.54 Å². The first-order valence-corrected chi connectivity index (χ1v) is 6.08. The highest BCUT2D eigenvalue weighted by Crippen LogP contribution is 2.28. The second-order valence-electron chi connectivity index (χ2n) is 4.40. The summed E-state index contributed by atoms with van der Waals surface area (Å²) in [4.78, 5) is 11.2. The quantitative estimate of drug-likeness (QED) is 0.879. The number of hydrogen-bond acceptors (Lipinski definition) is 4. The lowest BCUT2D eigenvalue weighted by atomic mass is 10.1. The molecule has 5 heteroatoms. The van der Waals surface area contributed by atoms with Gasteiger partial charge in [0, 0.05) is 18.7 Å². The van der Waals surface area contributed by atoms with Gasteiger partial charge in [-0.3, -0.25) is 4.79 Å². The zero-order chi connectivity index (χ0) is 13.1. The van der Waals surface area contributed by atoms with Crippen molar-refractivity contribution in [3.8, 4) is 5.75 Å². The van der Waals surface area contributed by atoms with Crippen LogP contribution in [0.2, 0.25) is 0 Å². The molecule has 0 unspecified atom stereocenters. The maximum absolute atomic E-state index is 11.2. The molecule has 0 spiro atoms. The lowest BCUT2D eigenvalue weighted by Gasteiger charge is -2.18. The first kappa shape index (κ1) is 11.8. The number of furan rings is 1. The van der Waals surface area contributed by atoms with Crippen molar-refractivity contribution in [2.45, 2.75) is 13.1 Å². The third-order valence-electron chi connectivity index (χ3n) is 2.92. The van der Waals surface area contributed by atoms with E-state index in [9.17, 15) is 4.79 Å². The van der Waals surface area contributed by atoms with Crippen LogP contribution in [0.3, 0.4) is 0 Å². The number of carbonyl (C=O) groups excluding carboxylic acids is 1. The van der Waals surface area contributed by atoms with E-state index in [4.69, 9.17) is 9.15 Å². The number of fused-ring (bicyclic) bond motifs is 1. The third kappa shape index (κ3) is 2.77. The molecule has 2 heterocycles. The van der Waals surface area contributed by atoms with Gasteiger partial charge >= 0.3 is 0 Å². The molecule has 3 rings (SSSR count). The number of hydrogen-bond donors (Lipinski definition) is 2. The van der Waals surface area contributed by atoms with Crippen molar-refractivity contribution in [1.82, 2.24) is 5.32 Å². The lowest BCUT2D eigenvalue weighted by molar-refractivity contribution is -0.118. The minimum atomic E-state index is -0.115. The highest BCUT2D eigenvalue weighted by atomic mass is 16.5. The zero-order valence-electron chi connectivity index (χ0n) is 10.3. The standard InChI is InChI=1S/C14H14N2O3/c17-14-9-19-13-2-1-10(5-12(13)16-14)6-15-7-11-3-4-18-8-11/h1-5,8,15H,6-7,9H2,(H,16,17). The van der Waals surface area contributed by atoms with Crippen molar-refractivity contribution in [2.24, 2.45) is 0 Å². The molecule has 0 bridgehead atoms. The predicted octanol–water partition coefficient (Wildman–Crippen LogP) is 1.90. The van der Waals surface area contributed by atoms with Crippen molar-refractivity contribution in [3.63, 3.8) is 0 Å². The van der Waals surface area contributed by atoms with Crippen LogP contribution < -0.4 is 15.4 Å². The average Bonchev–Trinajstić information content (AvgIpc) is 2.91. The first-order valence-electron chi connectivity index (χ1n) is 6.08. The Morgan fingerprint density at radius 2 is 2.11 bits per heavy atom. The Bertz CT molecular complexity index is 578. The van der Waals surface area contributed by atoms with Gasteiger partial charge < -0.3 is 19.8 Å². The van der Waals surface area contributed by atoms with Crippen molar-refractivity contribution < 1.29 is 13.9 Å². The van der Waals surface area contributed by atoms with E-state index < -0.39 is 0 Å². The van der Waals surface area contributed by atoms with Gasteiger partial charge in [-0.15, -0.1) is 0 Å². The van der Waals surface area contributed by atoms with E-state index in [1.54, 1.807) is 12.5 Å². The summed E-state index contributed by atoms with van der Waals surface area (Å²) in [5, 5.41) is 6.11. The first-order chi connectivity index (χ1) is 9.31. The summed E-state index contributed by atoms with van der Waals surface area (Å²) in [5.74, 6) is 0.606. The molecule has 1 aliphatic heterocycles. The van der Waals surface area contributed by atoms with Crippen LogP contribution in [0.1, 0.15) is 11.1 Å². The van der Waals surface area contributed by atoms with E-state index in [1.807, 2.05) is 24.3 Å². The molecule has 1 aliphatic rings. The second-order valence-corrected chi connectivity index (χ2v) is 4.40. The normalized spacial score (nSPS) is 13.6. The number of ether oxygens (including phenoxy) is 1. The summed E-state index contributed by atoms with van der Waals surface area (Å²) in [6, 6.07) is 7.71. The molecule has 0 atom stereocenters. The number of amides is 1. The van der Waals surface area contributed by atoms with Crippen LogP contribution in [0.25, 0.3) is 0 Å². The number of nitrogens with one attached hydrogen (secondary N) is 2. The molecular weight excluding hydrogens is 244 g/mol. The molecule has 1 amide bonds. The van der Waals surface area contributed by atoms with Crippen LogP contribution in [0.4, 0.5) is 5.69 Å². The second kappa shape index (κ2) is 5.16. The number of anilines is 1. The molecule has 0 saturated carbocycles. The Morgan fingerprint density at radius 1 is 1.21 bits per heavy atom. The molecule has 2 N–H and O–H groups in total. The molecule has 19 heavy (non-hydrogen) atoms. The van der Waals surface area contributed by atoms with E-state index in [-0.39, 0.29) is 12.5 Å². The summed E-state index contributed by atoms with van der Waals surface area (Å²) in [5.41, 5.74) is 2.93. The number of rotatable bonds is 4. The Kier molecular flexibility index (Phi) is 3.20. The Hall–Kier alpha value is -2.27. The van der Waals surface area contributed by atoms with Crippen LogP contribution in [0, 0.1) is 0 Å². The molecule has 1 aromatic heterocycles. The predicted molar refractivity (Wildman–Crippen MR) is 69.8 cm³/mol. The fourth-order valence-electron chi connectivity index (χ4n) is 1.98. The van der Waals surface area contributed by atoms with E-state index in [0.717, 1.165) is 29.1 Å². The van der Waals surface area contributed by atoms with Crippen LogP contribution >= 0.6 is 0 Å². The Balaban J connectivity index is 1.62. The highest BCUT2D eigenvalue weighted by Gasteiger charge is 2.15. The van der Waals surface area contributed by atoms with Gasteiger partial charge in [-0.25, -0.2) is 0 Å². The fourth-order valence-corrected chi connectivity index (χ4v) is 1.98. The molecule has 98 valence electrons. The summed E-state index contributed by atoms with van der Waals surface area (Å²) >= 11 is 0. The van der Waals surface area contributed by atoms with Gasteiger partial charge in [-0.1, -0.05) is 6.07 Å². The Labute approximate surface area is 110 Å². The molecule has 0 aliphatic carbocycles. The topological polar surface area (TPSA) is 63.5 Å².